The number of sulfonamides is 1. The number of amides is 1. The van der Waals surface area contributed by atoms with Crippen LogP contribution >= 0.6 is 0 Å². The number of rotatable bonds is 2. The molecule has 0 unspecified atom stereocenters. The Morgan fingerprint density at radius 3 is 2.87 bits per heavy atom. The summed E-state index contributed by atoms with van der Waals surface area (Å²) >= 11 is 0. The molecule has 3 heterocycles. The Hall–Kier alpha value is -1.44. The Balaban J connectivity index is 1.60. The first-order chi connectivity index (χ1) is 11.0. The highest BCUT2D eigenvalue weighted by molar-refractivity contribution is 7.89. The Bertz CT molecular complexity index is 747. The summed E-state index contributed by atoms with van der Waals surface area (Å²) in [5.41, 5.74) is 1.64. The lowest BCUT2D eigenvalue weighted by molar-refractivity contribution is -0.116. The number of benzene rings is 1. The van der Waals surface area contributed by atoms with E-state index in [2.05, 4.69) is 10.2 Å². The van der Waals surface area contributed by atoms with Gasteiger partial charge in [0.25, 0.3) is 0 Å². The van der Waals surface area contributed by atoms with Crippen LogP contribution in [0.25, 0.3) is 0 Å². The highest BCUT2D eigenvalue weighted by Crippen LogP contribution is 2.29. The Kier molecular flexibility index (Phi) is 3.66. The molecule has 3 aliphatic rings. The molecule has 6 nitrogen and oxygen atoms in total. The van der Waals surface area contributed by atoms with Crippen LogP contribution in [0.3, 0.4) is 0 Å². The molecule has 1 aromatic carbocycles. The second kappa shape index (κ2) is 5.58. The van der Waals surface area contributed by atoms with Crippen LogP contribution in [-0.2, 0) is 21.2 Å². The Morgan fingerprint density at radius 2 is 2.00 bits per heavy atom. The van der Waals surface area contributed by atoms with Crippen LogP contribution in [0, 0.1) is 0 Å². The number of carbonyl (C=O) groups is 1. The van der Waals surface area contributed by atoms with Gasteiger partial charge in [0, 0.05) is 37.8 Å². The van der Waals surface area contributed by atoms with Crippen molar-refractivity contribution in [3.63, 3.8) is 0 Å². The van der Waals surface area contributed by atoms with E-state index in [1.165, 1.54) is 0 Å². The lowest BCUT2D eigenvalue weighted by Crippen LogP contribution is -2.51. The lowest BCUT2D eigenvalue weighted by atomic mass is 10.0. The summed E-state index contributed by atoms with van der Waals surface area (Å²) in [6.07, 6.45) is 3.26. The van der Waals surface area contributed by atoms with Gasteiger partial charge in [0.2, 0.25) is 15.9 Å². The first kappa shape index (κ1) is 15.1. The van der Waals surface area contributed by atoms with E-state index in [-0.39, 0.29) is 5.91 Å². The van der Waals surface area contributed by atoms with E-state index >= 15 is 0 Å². The van der Waals surface area contributed by atoms with Gasteiger partial charge in [0.05, 0.1) is 4.90 Å². The average molecular weight is 335 g/mol. The molecule has 124 valence electrons. The van der Waals surface area contributed by atoms with Crippen molar-refractivity contribution in [3.05, 3.63) is 23.8 Å². The molecule has 0 spiro atoms. The summed E-state index contributed by atoms with van der Waals surface area (Å²) < 4.78 is 27.5. The number of fused-ring (bicyclic) bond motifs is 2. The molecule has 1 amide bonds. The van der Waals surface area contributed by atoms with Crippen molar-refractivity contribution in [1.82, 2.24) is 9.21 Å². The van der Waals surface area contributed by atoms with Gasteiger partial charge in [-0.15, -0.1) is 0 Å². The number of carbonyl (C=O) groups excluding carboxylic acids is 1. The first-order valence-electron chi connectivity index (χ1n) is 8.21. The molecule has 1 N–H and O–H groups in total. The lowest BCUT2D eigenvalue weighted by Gasteiger charge is -2.36. The molecule has 2 fully saturated rings. The van der Waals surface area contributed by atoms with Crippen molar-refractivity contribution in [2.75, 3.05) is 31.5 Å². The highest BCUT2D eigenvalue weighted by atomic mass is 32.2. The van der Waals surface area contributed by atoms with Gasteiger partial charge in [0.1, 0.15) is 0 Å². The highest BCUT2D eigenvalue weighted by Gasteiger charge is 2.36. The molecule has 4 rings (SSSR count). The molecule has 1 aromatic rings. The van der Waals surface area contributed by atoms with Gasteiger partial charge in [-0.3, -0.25) is 9.69 Å². The zero-order chi connectivity index (χ0) is 16.0. The van der Waals surface area contributed by atoms with E-state index in [9.17, 15) is 13.2 Å². The molecular formula is C16H21N3O3S. The Morgan fingerprint density at radius 1 is 1.13 bits per heavy atom. The fraction of sp³-hybridized carbons (Fsp3) is 0.562. The maximum absolute atomic E-state index is 12.9. The molecule has 2 saturated heterocycles. The summed E-state index contributed by atoms with van der Waals surface area (Å²) in [4.78, 5) is 14.2. The fourth-order valence-corrected chi connectivity index (χ4v) is 5.37. The third-order valence-corrected chi connectivity index (χ3v) is 7.02. The number of aryl methyl sites for hydroxylation is 1. The maximum Gasteiger partial charge on any atom is 0.243 e. The third kappa shape index (κ3) is 2.66. The number of anilines is 1. The van der Waals surface area contributed by atoms with E-state index in [1.54, 1.807) is 22.5 Å². The molecule has 0 aliphatic carbocycles. The minimum absolute atomic E-state index is 0.00883. The summed E-state index contributed by atoms with van der Waals surface area (Å²) in [7, 11) is -3.45. The molecular weight excluding hydrogens is 314 g/mol. The van der Waals surface area contributed by atoms with Crippen LogP contribution in [0.5, 0.6) is 0 Å². The summed E-state index contributed by atoms with van der Waals surface area (Å²) in [6.45, 7) is 3.07. The standard InChI is InChI=1S/C16H21N3O3S/c20-16-6-3-12-10-14(4-5-15(12)17-16)23(21,22)19-9-8-18-7-1-2-13(18)11-19/h4-5,10,13H,1-3,6-9,11H2,(H,17,20)/t13-/m1/s1. The molecule has 3 aliphatic heterocycles. The minimum Gasteiger partial charge on any atom is -0.326 e. The van der Waals surface area contributed by atoms with Gasteiger partial charge in [-0.1, -0.05) is 0 Å². The van der Waals surface area contributed by atoms with Gasteiger partial charge >= 0.3 is 0 Å². The van der Waals surface area contributed by atoms with Gasteiger partial charge in [-0.25, -0.2) is 8.42 Å². The number of hydrogen-bond donors (Lipinski definition) is 1. The Labute approximate surface area is 136 Å². The average Bonchev–Trinajstić information content (AvgIpc) is 3.01. The van der Waals surface area contributed by atoms with Gasteiger partial charge < -0.3 is 5.32 Å². The van der Waals surface area contributed by atoms with Crippen LogP contribution < -0.4 is 5.32 Å². The number of nitrogens with zero attached hydrogens (tertiary/aromatic N) is 2. The van der Waals surface area contributed by atoms with E-state index in [1.807, 2.05) is 0 Å². The molecule has 0 saturated carbocycles. The molecule has 7 heteroatoms. The monoisotopic (exact) mass is 335 g/mol. The number of hydrogen-bond acceptors (Lipinski definition) is 4. The predicted octanol–water partition coefficient (Wildman–Crippen LogP) is 1.04. The van der Waals surface area contributed by atoms with Crippen molar-refractivity contribution >= 4 is 21.6 Å². The topological polar surface area (TPSA) is 69.7 Å². The normalized spacial score (nSPS) is 25.7. The predicted molar refractivity (Wildman–Crippen MR) is 86.7 cm³/mol. The SMILES string of the molecule is O=C1CCc2cc(S(=O)(=O)N3CCN4CCC[C@@H]4C3)ccc2N1. The van der Waals surface area contributed by atoms with Crippen LogP contribution in [0.4, 0.5) is 5.69 Å². The minimum atomic E-state index is -3.45. The van der Waals surface area contributed by atoms with Crippen molar-refractivity contribution in [1.29, 1.82) is 0 Å². The largest absolute Gasteiger partial charge is 0.326 e. The van der Waals surface area contributed by atoms with Crippen molar-refractivity contribution in [2.45, 2.75) is 36.6 Å². The smallest absolute Gasteiger partial charge is 0.243 e. The van der Waals surface area contributed by atoms with Crippen LogP contribution in [0.1, 0.15) is 24.8 Å². The van der Waals surface area contributed by atoms with Gasteiger partial charge in [-0.05, 0) is 49.6 Å². The number of nitrogens with one attached hydrogen (secondary N) is 1. The van der Waals surface area contributed by atoms with E-state index < -0.39 is 10.0 Å². The first-order valence-corrected chi connectivity index (χ1v) is 9.65. The molecule has 0 aromatic heterocycles. The zero-order valence-electron chi connectivity index (χ0n) is 13.0. The molecule has 0 bridgehead atoms. The molecule has 0 radical (unpaired) electrons. The van der Waals surface area contributed by atoms with Gasteiger partial charge in [-0.2, -0.15) is 4.31 Å². The second-order valence-corrected chi connectivity index (χ2v) is 8.50. The molecule has 1 atom stereocenters. The van der Waals surface area contributed by atoms with E-state index in [0.717, 1.165) is 37.2 Å². The summed E-state index contributed by atoms with van der Waals surface area (Å²) in [5, 5.41) is 2.79. The summed E-state index contributed by atoms with van der Waals surface area (Å²) in [6, 6.07) is 5.42. The van der Waals surface area contributed by atoms with Crippen molar-refractivity contribution < 1.29 is 13.2 Å². The summed E-state index contributed by atoms with van der Waals surface area (Å²) in [5.74, 6) is -0.00883. The van der Waals surface area contributed by atoms with Crippen molar-refractivity contribution in [3.8, 4) is 0 Å². The quantitative estimate of drug-likeness (QED) is 0.877. The van der Waals surface area contributed by atoms with E-state index in [4.69, 9.17) is 0 Å². The van der Waals surface area contributed by atoms with Crippen LogP contribution in [0.2, 0.25) is 0 Å². The van der Waals surface area contributed by atoms with Gasteiger partial charge in [0.15, 0.2) is 0 Å². The van der Waals surface area contributed by atoms with E-state index in [0.29, 0.717) is 36.9 Å². The van der Waals surface area contributed by atoms with Crippen molar-refractivity contribution in [2.24, 2.45) is 0 Å². The van der Waals surface area contributed by atoms with Crippen LogP contribution in [-0.4, -0.2) is 55.8 Å². The zero-order valence-corrected chi connectivity index (χ0v) is 13.8. The third-order valence-electron chi connectivity index (χ3n) is 5.16. The van der Waals surface area contributed by atoms with Crippen LogP contribution in [0.15, 0.2) is 23.1 Å². The maximum atomic E-state index is 12.9. The fourth-order valence-electron chi connectivity index (χ4n) is 3.85. The molecule has 23 heavy (non-hydrogen) atoms. The number of piperazine rings is 1. The second-order valence-electron chi connectivity index (χ2n) is 6.56.